The third kappa shape index (κ3) is 8.03. The minimum Gasteiger partial charge on any atom is -0.396 e. The van der Waals surface area contributed by atoms with Gasteiger partial charge < -0.3 is 10.4 Å². The second kappa shape index (κ2) is 10.5. The monoisotopic (exact) mass is 198 g/mol. The molecule has 0 saturated heterocycles. The second-order valence-electron chi connectivity index (χ2n) is 3.61. The lowest BCUT2D eigenvalue weighted by molar-refractivity contribution is 0.251. The van der Waals surface area contributed by atoms with Gasteiger partial charge >= 0.3 is 0 Å². The average molecular weight is 198 g/mol. The molecule has 0 rings (SSSR count). The van der Waals surface area contributed by atoms with Crippen molar-refractivity contribution in [2.75, 3.05) is 19.7 Å². The van der Waals surface area contributed by atoms with Crippen LogP contribution < -0.4 is 5.32 Å². The normalized spacial score (nSPS) is 12.4. The zero-order chi connectivity index (χ0) is 10.6. The van der Waals surface area contributed by atoms with Gasteiger partial charge in [0.25, 0.3) is 0 Å². The SMILES string of the molecule is CCC(CCO)CNCCCCC#N. The van der Waals surface area contributed by atoms with Gasteiger partial charge in [-0.25, -0.2) is 0 Å². The van der Waals surface area contributed by atoms with Crippen molar-refractivity contribution in [3.63, 3.8) is 0 Å². The Morgan fingerprint density at radius 3 is 2.79 bits per heavy atom. The van der Waals surface area contributed by atoms with E-state index in [9.17, 15) is 0 Å². The Balaban J connectivity index is 3.20. The van der Waals surface area contributed by atoms with Crippen LogP contribution in [0.25, 0.3) is 0 Å². The zero-order valence-electron chi connectivity index (χ0n) is 9.13. The van der Waals surface area contributed by atoms with Crippen LogP contribution in [0.3, 0.4) is 0 Å². The summed E-state index contributed by atoms with van der Waals surface area (Å²) in [7, 11) is 0. The van der Waals surface area contributed by atoms with Crippen LogP contribution in [-0.4, -0.2) is 24.8 Å². The number of aliphatic hydroxyl groups is 1. The molecule has 1 atom stereocenters. The molecule has 1 unspecified atom stereocenters. The number of rotatable bonds is 9. The van der Waals surface area contributed by atoms with Crippen molar-refractivity contribution in [3.8, 4) is 6.07 Å². The molecule has 0 spiro atoms. The van der Waals surface area contributed by atoms with E-state index < -0.39 is 0 Å². The Kier molecular flexibility index (Phi) is 10.0. The van der Waals surface area contributed by atoms with E-state index in [1.165, 1.54) is 0 Å². The third-order valence-electron chi connectivity index (χ3n) is 2.44. The molecule has 0 bridgehead atoms. The Labute approximate surface area is 87.1 Å². The van der Waals surface area contributed by atoms with E-state index in [-0.39, 0.29) is 6.61 Å². The van der Waals surface area contributed by atoms with Crippen molar-refractivity contribution in [1.82, 2.24) is 5.32 Å². The van der Waals surface area contributed by atoms with Crippen molar-refractivity contribution in [3.05, 3.63) is 0 Å². The molecule has 0 aromatic carbocycles. The van der Waals surface area contributed by atoms with Gasteiger partial charge in [0.1, 0.15) is 0 Å². The molecular weight excluding hydrogens is 176 g/mol. The van der Waals surface area contributed by atoms with Gasteiger partial charge in [-0.05, 0) is 38.3 Å². The number of unbranched alkanes of at least 4 members (excludes halogenated alkanes) is 2. The minimum absolute atomic E-state index is 0.286. The lowest BCUT2D eigenvalue weighted by atomic mass is 10.0. The molecule has 0 aromatic rings. The van der Waals surface area contributed by atoms with Crippen LogP contribution in [-0.2, 0) is 0 Å². The summed E-state index contributed by atoms with van der Waals surface area (Å²) in [4.78, 5) is 0. The first-order chi connectivity index (χ1) is 6.85. The Bertz CT molecular complexity index is 154. The Morgan fingerprint density at radius 1 is 1.43 bits per heavy atom. The molecule has 0 aliphatic heterocycles. The van der Waals surface area contributed by atoms with Gasteiger partial charge in [0, 0.05) is 13.0 Å². The van der Waals surface area contributed by atoms with Crippen LogP contribution >= 0.6 is 0 Å². The van der Waals surface area contributed by atoms with Crippen LogP contribution in [0, 0.1) is 17.2 Å². The van der Waals surface area contributed by atoms with Crippen LogP contribution in [0.2, 0.25) is 0 Å². The van der Waals surface area contributed by atoms with Gasteiger partial charge in [0.2, 0.25) is 0 Å². The molecule has 0 aliphatic carbocycles. The van der Waals surface area contributed by atoms with E-state index in [0.29, 0.717) is 12.3 Å². The molecular formula is C11H22N2O. The molecule has 14 heavy (non-hydrogen) atoms. The third-order valence-corrected chi connectivity index (χ3v) is 2.44. The van der Waals surface area contributed by atoms with Gasteiger partial charge in [-0.2, -0.15) is 5.26 Å². The number of nitrogens with zero attached hydrogens (tertiary/aromatic N) is 1. The molecule has 0 heterocycles. The number of nitriles is 1. The Morgan fingerprint density at radius 2 is 2.21 bits per heavy atom. The molecule has 3 nitrogen and oxygen atoms in total. The molecule has 0 aromatic heterocycles. The molecule has 2 N–H and O–H groups in total. The van der Waals surface area contributed by atoms with E-state index in [2.05, 4.69) is 18.3 Å². The fourth-order valence-corrected chi connectivity index (χ4v) is 1.39. The van der Waals surface area contributed by atoms with Crippen LogP contribution in [0.15, 0.2) is 0 Å². The van der Waals surface area contributed by atoms with E-state index in [4.69, 9.17) is 10.4 Å². The predicted molar refractivity (Wildman–Crippen MR) is 57.8 cm³/mol. The van der Waals surface area contributed by atoms with E-state index in [1.54, 1.807) is 0 Å². The van der Waals surface area contributed by atoms with E-state index >= 15 is 0 Å². The summed E-state index contributed by atoms with van der Waals surface area (Å²) in [6.07, 6.45) is 4.73. The van der Waals surface area contributed by atoms with Gasteiger partial charge in [-0.3, -0.25) is 0 Å². The van der Waals surface area contributed by atoms with Crippen LogP contribution in [0.5, 0.6) is 0 Å². The summed E-state index contributed by atoms with van der Waals surface area (Å²) in [5, 5.41) is 20.5. The summed E-state index contributed by atoms with van der Waals surface area (Å²) in [6.45, 7) is 4.42. The molecule has 0 saturated carbocycles. The average Bonchev–Trinajstić information content (AvgIpc) is 2.21. The standard InChI is InChI=1S/C11H22N2O/c1-2-11(6-9-14)10-13-8-5-3-4-7-12/h11,13-14H,2-6,8-10H2,1H3. The first kappa shape index (κ1) is 13.4. The van der Waals surface area contributed by atoms with Crippen LogP contribution in [0.1, 0.15) is 39.0 Å². The quantitative estimate of drug-likeness (QED) is 0.554. The predicted octanol–water partition coefficient (Wildman–Crippen LogP) is 1.68. The first-order valence-electron chi connectivity index (χ1n) is 5.53. The van der Waals surface area contributed by atoms with Gasteiger partial charge in [-0.15, -0.1) is 0 Å². The molecule has 0 amide bonds. The highest BCUT2D eigenvalue weighted by Gasteiger charge is 2.03. The maximum absolute atomic E-state index is 8.78. The summed E-state index contributed by atoms with van der Waals surface area (Å²) < 4.78 is 0. The molecule has 0 aliphatic rings. The van der Waals surface area contributed by atoms with Crippen molar-refractivity contribution in [2.24, 2.45) is 5.92 Å². The lowest BCUT2D eigenvalue weighted by Crippen LogP contribution is -2.24. The highest BCUT2D eigenvalue weighted by molar-refractivity contribution is 4.68. The molecule has 0 radical (unpaired) electrons. The summed E-state index contributed by atoms with van der Waals surface area (Å²) in [6, 6.07) is 2.14. The second-order valence-corrected chi connectivity index (χ2v) is 3.61. The fraction of sp³-hybridized carbons (Fsp3) is 0.909. The van der Waals surface area contributed by atoms with Crippen LogP contribution in [0.4, 0.5) is 0 Å². The maximum Gasteiger partial charge on any atom is 0.0621 e. The first-order valence-corrected chi connectivity index (χ1v) is 5.53. The highest BCUT2D eigenvalue weighted by atomic mass is 16.3. The largest absolute Gasteiger partial charge is 0.396 e. The fourth-order valence-electron chi connectivity index (χ4n) is 1.39. The van der Waals surface area contributed by atoms with E-state index in [0.717, 1.165) is 38.8 Å². The maximum atomic E-state index is 8.78. The lowest BCUT2D eigenvalue weighted by Gasteiger charge is -2.13. The zero-order valence-corrected chi connectivity index (χ0v) is 9.13. The summed E-state index contributed by atoms with van der Waals surface area (Å²) in [5.74, 6) is 0.593. The number of aliphatic hydroxyl groups excluding tert-OH is 1. The summed E-state index contributed by atoms with van der Waals surface area (Å²) in [5.41, 5.74) is 0. The minimum atomic E-state index is 0.286. The smallest absolute Gasteiger partial charge is 0.0621 e. The van der Waals surface area contributed by atoms with Crippen molar-refractivity contribution < 1.29 is 5.11 Å². The van der Waals surface area contributed by atoms with Crippen molar-refractivity contribution in [1.29, 1.82) is 5.26 Å². The number of hydrogen-bond donors (Lipinski definition) is 2. The Hall–Kier alpha value is -0.590. The topological polar surface area (TPSA) is 56.0 Å². The molecule has 0 fully saturated rings. The van der Waals surface area contributed by atoms with Gasteiger partial charge in [-0.1, -0.05) is 13.3 Å². The molecule has 82 valence electrons. The van der Waals surface area contributed by atoms with E-state index in [1.807, 2.05) is 0 Å². The number of nitrogens with one attached hydrogen (secondary N) is 1. The number of hydrogen-bond acceptors (Lipinski definition) is 3. The molecule has 3 heteroatoms. The summed E-state index contributed by atoms with van der Waals surface area (Å²) >= 11 is 0. The van der Waals surface area contributed by atoms with Crippen molar-refractivity contribution in [2.45, 2.75) is 39.0 Å². The van der Waals surface area contributed by atoms with Gasteiger partial charge in [0.15, 0.2) is 0 Å². The highest BCUT2D eigenvalue weighted by Crippen LogP contribution is 2.05. The van der Waals surface area contributed by atoms with Crippen molar-refractivity contribution >= 4 is 0 Å². The van der Waals surface area contributed by atoms with Gasteiger partial charge in [0.05, 0.1) is 6.07 Å².